The molecule has 120 valence electrons. The van der Waals surface area contributed by atoms with Gasteiger partial charge in [0, 0.05) is 0 Å². The normalized spacial score (nSPS) is 15.2. The second-order valence-electron chi connectivity index (χ2n) is 4.75. The summed E-state index contributed by atoms with van der Waals surface area (Å²) in [6.07, 6.45) is -20.9. The van der Waals surface area contributed by atoms with Crippen LogP contribution in [0.25, 0.3) is 0 Å². The van der Waals surface area contributed by atoms with Crippen LogP contribution in [0.4, 0.5) is 39.5 Å². The molecule has 0 atom stereocenters. The highest BCUT2D eigenvalue weighted by atomic mass is 19.4. The van der Waals surface area contributed by atoms with Crippen LogP contribution in [0.15, 0.2) is 0 Å². The number of alkyl halides is 9. The predicted octanol–water partition coefficient (Wildman–Crippen LogP) is 4.00. The van der Waals surface area contributed by atoms with Gasteiger partial charge < -0.3 is 4.74 Å². The largest absolute Gasteiger partial charge is 0.459 e. The zero-order chi connectivity index (χ0) is 16.8. The van der Waals surface area contributed by atoms with Crippen LogP contribution in [0.2, 0.25) is 0 Å². The molecule has 0 aliphatic heterocycles. The molecule has 0 amide bonds. The van der Waals surface area contributed by atoms with Crippen molar-refractivity contribution < 1.29 is 49.0 Å². The third kappa shape index (κ3) is 3.11. The van der Waals surface area contributed by atoms with E-state index >= 15 is 0 Å². The van der Waals surface area contributed by atoms with Crippen LogP contribution in [-0.4, -0.2) is 30.1 Å². The Morgan fingerprint density at radius 1 is 0.700 bits per heavy atom. The molecule has 0 bridgehead atoms. The van der Waals surface area contributed by atoms with Gasteiger partial charge in [-0.2, -0.15) is 39.5 Å². The van der Waals surface area contributed by atoms with Crippen LogP contribution >= 0.6 is 0 Å². The molecule has 0 fully saturated rings. The molecule has 0 unspecified atom stereocenters. The van der Waals surface area contributed by atoms with E-state index in [4.69, 9.17) is 0 Å². The Kier molecular flexibility index (Phi) is 4.42. The van der Waals surface area contributed by atoms with Crippen LogP contribution in [0.3, 0.4) is 0 Å². The fourth-order valence-electron chi connectivity index (χ4n) is 1.18. The van der Waals surface area contributed by atoms with Crippen LogP contribution in [0, 0.1) is 5.41 Å². The zero-order valence-electron chi connectivity index (χ0n) is 10.2. The van der Waals surface area contributed by atoms with Crippen molar-refractivity contribution >= 4 is 5.97 Å². The highest BCUT2D eigenvalue weighted by Gasteiger charge is 2.89. The first kappa shape index (κ1) is 18.8. The van der Waals surface area contributed by atoms with E-state index in [9.17, 15) is 44.3 Å². The number of carbonyl (C=O) groups is 1. The van der Waals surface area contributed by atoms with E-state index in [-0.39, 0.29) is 0 Å². The number of hydrogen-bond acceptors (Lipinski definition) is 2. The van der Waals surface area contributed by atoms with Gasteiger partial charge in [0.2, 0.25) is 0 Å². The smallest absolute Gasteiger partial charge is 0.422 e. The van der Waals surface area contributed by atoms with Crippen molar-refractivity contribution in [2.45, 2.75) is 44.9 Å². The summed E-state index contributed by atoms with van der Waals surface area (Å²) in [5.74, 6) is -3.46. The second kappa shape index (κ2) is 4.69. The lowest BCUT2D eigenvalue weighted by Gasteiger charge is -2.37. The van der Waals surface area contributed by atoms with Gasteiger partial charge in [-0.05, 0) is 20.8 Å². The van der Waals surface area contributed by atoms with Crippen molar-refractivity contribution in [2.24, 2.45) is 5.41 Å². The molecule has 0 aromatic rings. The first-order chi connectivity index (χ1) is 8.38. The maximum Gasteiger partial charge on any atom is 0.422 e. The predicted molar refractivity (Wildman–Crippen MR) is 46.4 cm³/mol. The Morgan fingerprint density at radius 3 is 1.10 bits per heavy atom. The molecule has 11 heteroatoms. The van der Waals surface area contributed by atoms with E-state index in [2.05, 4.69) is 4.74 Å². The Balaban J connectivity index is 6.28. The molecule has 20 heavy (non-hydrogen) atoms. The molecule has 0 aliphatic rings. The Hall–Kier alpha value is -1.16. The van der Waals surface area contributed by atoms with Gasteiger partial charge in [0.05, 0.1) is 0 Å². The third-order valence-electron chi connectivity index (χ3n) is 1.98. The summed E-state index contributed by atoms with van der Waals surface area (Å²) in [5, 5.41) is 0. The van der Waals surface area contributed by atoms with Crippen molar-refractivity contribution in [3.05, 3.63) is 0 Å². The zero-order valence-corrected chi connectivity index (χ0v) is 10.2. The maximum absolute atomic E-state index is 12.5. The second-order valence-corrected chi connectivity index (χ2v) is 4.75. The fraction of sp³-hybridized carbons (Fsp3) is 0.889. The first-order valence-electron chi connectivity index (χ1n) is 4.81. The molecule has 0 saturated carbocycles. The molecule has 2 nitrogen and oxygen atoms in total. The highest BCUT2D eigenvalue weighted by Crippen LogP contribution is 2.60. The lowest BCUT2D eigenvalue weighted by Crippen LogP contribution is -2.65. The van der Waals surface area contributed by atoms with Gasteiger partial charge in [-0.15, -0.1) is 0 Å². The standard InChI is InChI=1S/C9H9F9O2/c1-5(2,3)20-4(19)6(7(10,11)12,8(13,14)15)9(16,17)18/h1-3H3. The van der Waals surface area contributed by atoms with Gasteiger partial charge in [-0.25, -0.2) is 0 Å². The third-order valence-corrected chi connectivity index (χ3v) is 1.98. The molecular formula is C9H9F9O2. The molecule has 0 N–H and O–H groups in total. The first-order valence-corrected chi connectivity index (χ1v) is 4.81. The molecule has 0 aromatic carbocycles. The number of carbonyl (C=O) groups excluding carboxylic acids is 1. The van der Waals surface area contributed by atoms with E-state index in [0.29, 0.717) is 0 Å². The molecule has 0 aromatic heterocycles. The summed E-state index contributed by atoms with van der Waals surface area (Å²) >= 11 is 0. The minimum Gasteiger partial charge on any atom is -0.459 e. The van der Waals surface area contributed by atoms with Gasteiger partial charge in [0.15, 0.2) is 0 Å². The molecule has 0 saturated heterocycles. The fourth-order valence-corrected chi connectivity index (χ4v) is 1.18. The van der Waals surface area contributed by atoms with E-state index in [0.717, 1.165) is 20.8 Å². The molecule has 0 heterocycles. The van der Waals surface area contributed by atoms with Crippen LogP contribution in [-0.2, 0) is 9.53 Å². The SMILES string of the molecule is CC(C)(C)OC(=O)C(C(F)(F)F)(C(F)(F)F)C(F)(F)F. The number of halogens is 9. The molecule has 0 aliphatic carbocycles. The summed E-state index contributed by atoms with van der Waals surface area (Å²) in [5.41, 5.74) is -8.55. The molecule has 0 rings (SSSR count). The lowest BCUT2D eigenvalue weighted by atomic mass is 9.85. The number of esters is 1. The average Bonchev–Trinajstić information content (AvgIpc) is 1.88. The maximum atomic E-state index is 12.5. The van der Waals surface area contributed by atoms with Crippen molar-refractivity contribution in [1.29, 1.82) is 0 Å². The summed E-state index contributed by atoms with van der Waals surface area (Å²) in [7, 11) is 0. The molecule has 0 radical (unpaired) electrons. The quantitative estimate of drug-likeness (QED) is 0.539. The van der Waals surface area contributed by atoms with Crippen LogP contribution in [0.5, 0.6) is 0 Å². The van der Waals surface area contributed by atoms with Crippen molar-refractivity contribution in [1.82, 2.24) is 0 Å². The van der Waals surface area contributed by atoms with Gasteiger partial charge in [-0.3, -0.25) is 4.79 Å². The number of hydrogen-bond donors (Lipinski definition) is 0. The number of rotatable bonds is 1. The summed E-state index contributed by atoms with van der Waals surface area (Å²) in [6.45, 7) is 2.50. The van der Waals surface area contributed by atoms with Crippen molar-refractivity contribution in [3.8, 4) is 0 Å². The van der Waals surface area contributed by atoms with Crippen LogP contribution < -0.4 is 0 Å². The Labute approximate surface area is 106 Å². The monoisotopic (exact) mass is 320 g/mol. The summed E-state index contributed by atoms with van der Waals surface area (Å²) in [4.78, 5) is 11.0. The minimum atomic E-state index is -6.95. The Morgan fingerprint density at radius 2 is 0.950 bits per heavy atom. The van der Waals surface area contributed by atoms with Crippen molar-refractivity contribution in [2.75, 3.05) is 0 Å². The summed E-state index contributed by atoms with van der Waals surface area (Å²) in [6, 6.07) is 0. The Bertz CT molecular complexity index is 333. The van der Waals surface area contributed by atoms with E-state index < -0.39 is 35.5 Å². The van der Waals surface area contributed by atoms with Gasteiger partial charge >= 0.3 is 29.9 Å². The molecular weight excluding hydrogens is 311 g/mol. The van der Waals surface area contributed by atoms with Gasteiger partial charge in [0.25, 0.3) is 0 Å². The molecule has 0 spiro atoms. The number of ether oxygens (including phenoxy) is 1. The van der Waals surface area contributed by atoms with Gasteiger partial charge in [0.1, 0.15) is 5.60 Å². The average molecular weight is 320 g/mol. The van der Waals surface area contributed by atoms with Crippen LogP contribution in [0.1, 0.15) is 20.8 Å². The topological polar surface area (TPSA) is 26.3 Å². The lowest BCUT2D eigenvalue weighted by molar-refractivity contribution is -0.413. The van der Waals surface area contributed by atoms with Gasteiger partial charge in [-0.1, -0.05) is 0 Å². The van der Waals surface area contributed by atoms with E-state index in [1.165, 1.54) is 0 Å². The highest BCUT2D eigenvalue weighted by molar-refractivity contribution is 5.80. The van der Waals surface area contributed by atoms with E-state index in [1.807, 2.05) is 0 Å². The summed E-state index contributed by atoms with van der Waals surface area (Å²) < 4.78 is 116. The minimum absolute atomic E-state index is 0.832. The van der Waals surface area contributed by atoms with Crippen molar-refractivity contribution in [3.63, 3.8) is 0 Å². The van der Waals surface area contributed by atoms with E-state index in [1.54, 1.807) is 0 Å².